The molecule has 0 aromatic heterocycles. The first-order valence-electron chi connectivity index (χ1n) is 10.9. The quantitative estimate of drug-likeness (QED) is 0.400. The maximum Gasteiger partial charge on any atom is 0.416 e. The summed E-state index contributed by atoms with van der Waals surface area (Å²) in [7, 11) is 0. The van der Waals surface area contributed by atoms with Gasteiger partial charge in [0.1, 0.15) is 17.4 Å². The van der Waals surface area contributed by atoms with Crippen molar-refractivity contribution in [2.24, 2.45) is 5.73 Å². The molecule has 0 bridgehead atoms. The molecule has 0 saturated heterocycles. The van der Waals surface area contributed by atoms with E-state index in [0.717, 1.165) is 12.1 Å². The molecule has 3 amide bonds. The van der Waals surface area contributed by atoms with Gasteiger partial charge >= 0.3 is 6.18 Å². The predicted octanol–water partition coefficient (Wildman–Crippen LogP) is 4.96. The number of benzene rings is 3. The molecular weight excluding hydrogens is 537 g/mol. The second-order valence-corrected chi connectivity index (χ2v) is 9.06. The summed E-state index contributed by atoms with van der Waals surface area (Å²) in [6.45, 7) is 1.40. The van der Waals surface area contributed by atoms with Gasteiger partial charge in [-0.2, -0.15) is 13.2 Å². The number of anilines is 1. The van der Waals surface area contributed by atoms with E-state index in [4.69, 9.17) is 22.1 Å². The van der Waals surface area contributed by atoms with E-state index in [-0.39, 0.29) is 44.8 Å². The van der Waals surface area contributed by atoms with Gasteiger partial charge in [0, 0.05) is 21.7 Å². The van der Waals surface area contributed by atoms with Crippen LogP contribution >= 0.6 is 11.6 Å². The lowest BCUT2D eigenvalue weighted by Crippen LogP contribution is -2.35. The molecule has 2 aliphatic heterocycles. The van der Waals surface area contributed by atoms with Gasteiger partial charge in [0.2, 0.25) is 5.91 Å². The summed E-state index contributed by atoms with van der Waals surface area (Å²) >= 11 is 6.27. The molecule has 0 radical (unpaired) electrons. The van der Waals surface area contributed by atoms with E-state index in [9.17, 15) is 31.9 Å². The zero-order chi connectivity index (χ0) is 27.7. The lowest BCUT2D eigenvalue weighted by molar-refractivity contribution is -0.137. The van der Waals surface area contributed by atoms with Crippen LogP contribution in [0.5, 0.6) is 5.75 Å². The maximum atomic E-state index is 15.5. The molecule has 3 aromatic carbocycles. The van der Waals surface area contributed by atoms with E-state index >= 15 is 4.39 Å². The van der Waals surface area contributed by atoms with E-state index in [1.54, 1.807) is 0 Å². The van der Waals surface area contributed by atoms with Gasteiger partial charge in [-0.3, -0.25) is 14.4 Å². The summed E-state index contributed by atoms with van der Waals surface area (Å²) in [5.41, 5.74) is 1.82. The summed E-state index contributed by atoms with van der Waals surface area (Å²) in [4.78, 5) is 37.8. The number of hydrogen-bond donors (Lipinski definition) is 3. The topological polar surface area (TPSA) is 111 Å². The zero-order valence-corrected chi connectivity index (χ0v) is 19.9. The van der Waals surface area contributed by atoms with Crippen LogP contribution in [0, 0.1) is 11.6 Å². The third-order valence-corrected chi connectivity index (χ3v) is 6.61. The average molecular weight is 552 g/mol. The van der Waals surface area contributed by atoms with Crippen molar-refractivity contribution in [2.75, 3.05) is 5.32 Å². The lowest BCUT2D eigenvalue weighted by Gasteiger charge is -2.27. The van der Waals surface area contributed by atoms with E-state index < -0.39 is 64.4 Å². The number of alkyl halides is 3. The van der Waals surface area contributed by atoms with Gasteiger partial charge in [-0.05, 0) is 48.9 Å². The molecule has 4 N–H and O–H groups in total. The monoisotopic (exact) mass is 551 g/mol. The molecule has 2 aliphatic rings. The van der Waals surface area contributed by atoms with Crippen LogP contribution in [0.15, 0.2) is 36.4 Å². The average Bonchev–Trinajstić information content (AvgIpc) is 3.17. The van der Waals surface area contributed by atoms with Gasteiger partial charge in [-0.1, -0.05) is 11.6 Å². The highest BCUT2D eigenvalue weighted by Crippen LogP contribution is 2.50. The fraction of sp³-hybridized carbons (Fsp3) is 0.160. The Bertz CT molecular complexity index is 1570. The number of nitrogens with one attached hydrogen (secondary N) is 2. The van der Waals surface area contributed by atoms with Gasteiger partial charge in [-0.15, -0.1) is 0 Å². The summed E-state index contributed by atoms with van der Waals surface area (Å²) in [6, 6.07) is 3.80. The first kappa shape index (κ1) is 25.5. The largest absolute Gasteiger partial charge is 0.479 e. The van der Waals surface area contributed by atoms with Crippen LogP contribution in [0.25, 0.3) is 11.1 Å². The van der Waals surface area contributed by atoms with Gasteiger partial charge in [-0.25, -0.2) is 8.78 Å². The van der Waals surface area contributed by atoms with Crippen LogP contribution in [0.3, 0.4) is 0 Å². The summed E-state index contributed by atoms with van der Waals surface area (Å²) in [6.07, 6.45) is -6.04. The van der Waals surface area contributed by atoms with E-state index in [1.807, 2.05) is 0 Å². The van der Waals surface area contributed by atoms with Crippen LogP contribution in [-0.2, 0) is 11.0 Å². The number of carbonyl (C=O) groups is 3. The van der Waals surface area contributed by atoms with Crippen LogP contribution in [0.2, 0.25) is 5.02 Å². The minimum atomic E-state index is -5.00. The molecule has 2 heterocycles. The molecule has 2 atom stereocenters. The van der Waals surface area contributed by atoms with Crippen LogP contribution < -0.4 is 21.1 Å². The Morgan fingerprint density at radius 2 is 1.79 bits per heavy atom. The van der Waals surface area contributed by atoms with Crippen molar-refractivity contribution >= 4 is 35.0 Å². The second-order valence-electron chi connectivity index (χ2n) is 8.65. The molecular formula is C25H15ClF5N3O4. The van der Waals surface area contributed by atoms with Gasteiger partial charge < -0.3 is 21.1 Å². The van der Waals surface area contributed by atoms with E-state index in [0.29, 0.717) is 6.07 Å². The molecule has 0 unspecified atom stereocenters. The molecule has 0 fully saturated rings. The fourth-order valence-corrected chi connectivity index (χ4v) is 4.81. The number of rotatable bonds is 3. The normalized spacial score (nSPS) is 18.3. The van der Waals surface area contributed by atoms with Crippen molar-refractivity contribution < 1.29 is 41.1 Å². The Morgan fingerprint density at radius 3 is 2.45 bits per heavy atom. The highest BCUT2D eigenvalue weighted by atomic mass is 35.5. The van der Waals surface area contributed by atoms with Gasteiger partial charge in [0.15, 0.2) is 6.10 Å². The van der Waals surface area contributed by atoms with Crippen LogP contribution in [0.1, 0.15) is 50.4 Å². The summed E-state index contributed by atoms with van der Waals surface area (Å²) in [5.74, 6) is -5.08. The molecule has 7 nitrogen and oxygen atoms in total. The molecule has 0 spiro atoms. The van der Waals surface area contributed by atoms with Crippen molar-refractivity contribution in [1.82, 2.24) is 5.32 Å². The number of amides is 3. The van der Waals surface area contributed by atoms with E-state index in [2.05, 4.69) is 10.6 Å². The number of fused-ring (bicyclic) bond motifs is 3. The number of nitrogens with two attached hydrogens (primary N) is 1. The van der Waals surface area contributed by atoms with Crippen molar-refractivity contribution in [3.05, 3.63) is 80.9 Å². The minimum absolute atomic E-state index is 0.00476. The number of halogens is 6. The molecule has 0 aliphatic carbocycles. The summed E-state index contributed by atoms with van der Waals surface area (Å²) < 4.78 is 75.5. The Kier molecular flexibility index (Phi) is 5.82. The summed E-state index contributed by atoms with van der Waals surface area (Å²) in [5, 5.41) is 5.12. The first-order chi connectivity index (χ1) is 17.8. The van der Waals surface area contributed by atoms with Crippen molar-refractivity contribution in [3.63, 3.8) is 0 Å². The lowest BCUT2D eigenvalue weighted by atomic mass is 9.85. The van der Waals surface area contributed by atoms with Crippen molar-refractivity contribution in [2.45, 2.75) is 25.2 Å². The Labute approximate surface area is 215 Å². The van der Waals surface area contributed by atoms with Crippen molar-refractivity contribution in [3.8, 4) is 16.9 Å². The zero-order valence-electron chi connectivity index (χ0n) is 19.1. The van der Waals surface area contributed by atoms with E-state index in [1.165, 1.54) is 19.1 Å². The highest BCUT2D eigenvalue weighted by molar-refractivity contribution is 6.31. The van der Waals surface area contributed by atoms with Crippen molar-refractivity contribution in [1.29, 1.82) is 0 Å². The smallest absolute Gasteiger partial charge is 0.416 e. The molecule has 3 aromatic rings. The molecule has 0 saturated carbocycles. The van der Waals surface area contributed by atoms with Crippen LogP contribution in [-0.4, -0.2) is 23.8 Å². The predicted molar refractivity (Wildman–Crippen MR) is 125 cm³/mol. The van der Waals surface area contributed by atoms with Crippen LogP contribution in [0.4, 0.5) is 27.6 Å². The third-order valence-electron chi connectivity index (χ3n) is 6.27. The number of ether oxygens (including phenoxy) is 1. The minimum Gasteiger partial charge on any atom is -0.479 e. The Balaban J connectivity index is 1.89. The maximum absolute atomic E-state index is 15.5. The molecule has 5 rings (SSSR count). The number of primary amides is 1. The standard InChI is InChI=1S/C25H15ClF5N3O4/c1-8-23(36)34-21-16(38-8)7-12(17-13(22(32)35)4-9(5-15(17)28)25(29,30)31)18-19(21)24(37)33-20(18)11-6-10(27)2-3-14(11)26/h2-8,20H,1H3,(H2,32,35)(H,33,37)(H,34,36)/t8-,20+/m1/s1. The molecule has 196 valence electrons. The fourth-order valence-electron chi connectivity index (χ4n) is 4.58. The Hall–Kier alpha value is -4.19. The highest BCUT2D eigenvalue weighted by Gasteiger charge is 2.42. The van der Waals surface area contributed by atoms with Gasteiger partial charge in [0.25, 0.3) is 11.8 Å². The first-order valence-corrected chi connectivity index (χ1v) is 11.3. The SMILES string of the molecule is C[C@H]1Oc2cc(-c3c(F)cc(C(F)(F)F)cc3C(N)=O)c3c(c2NC1=O)C(=O)N[C@H]3c1cc(F)ccc1Cl. The Morgan fingerprint density at radius 1 is 1.08 bits per heavy atom. The van der Waals surface area contributed by atoms with Gasteiger partial charge in [0.05, 0.1) is 28.4 Å². The third kappa shape index (κ3) is 4.01. The number of hydrogen-bond acceptors (Lipinski definition) is 4. The second kappa shape index (κ2) is 8.69. The molecule has 38 heavy (non-hydrogen) atoms. The molecule has 13 heteroatoms. The number of carbonyl (C=O) groups excluding carboxylic acids is 3.